The van der Waals surface area contributed by atoms with Crippen molar-refractivity contribution < 1.29 is 9.18 Å². The molecule has 2 rings (SSSR count). The van der Waals surface area contributed by atoms with Gasteiger partial charge in [0.05, 0.1) is 5.56 Å². The highest BCUT2D eigenvalue weighted by atomic mass is 19.1. The Kier molecular flexibility index (Phi) is 3.94. The Morgan fingerprint density at radius 3 is 2.45 bits per heavy atom. The number of amides is 1. The Hall–Kier alpha value is -1.69. The van der Waals surface area contributed by atoms with Crippen molar-refractivity contribution in [3.63, 3.8) is 0 Å². The molecule has 0 atom stereocenters. The second-order valence-corrected chi connectivity index (χ2v) is 6.01. The second kappa shape index (κ2) is 5.36. The normalized spacial score (nSPS) is 17.3. The lowest BCUT2D eigenvalue weighted by Gasteiger charge is -2.42. The summed E-state index contributed by atoms with van der Waals surface area (Å²) < 4.78 is 13.8. The first-order valence-corrected chi connectivity index (χ1v) is 6.75. The van der Waals surface area contributed by atoms with Crippen molar-refractivity contribution in [1.82, 2.24) is 14.8 Å². The number of aromatic nitrogens is 1. The van der Waals surface area contributed by atoms with Crippen LogP contribution in [0, 0.1) is 5.82 Å². The molecule has 1 amide bonds. The summed E-state index contributed by atoms with van der Waals surface area (Å²) in [5.74, 6) is -1.27. The molecule has 5 nitrogen and oxygen atoms in total. The first kappa shape index (κ1) is 14.7. The average molecular weight is 280 g/mol. The molecule has 0 spiro atoms. The molecule has 1 aliphatic rings. The molecule has 2 N–H and O–H groups in total. The van der Waals surface area contributed by atoms with Crippen LogP contribution < -0.4 is 5.73 Å². The maximum Gasteiger partial charge on any atom is 0.257 e. The van der Waals surface area contributed by atoms with E-state index in [1.165, 1.54) is 12.3 Å². The van der Waals surface area contributed by atoms with E-state index in [1.807, 2.05) is 0 Å². The van der Waals surface area contributed by atoms with Gasteiger partial charge >= 0.3 is 0 Å². The van der Waals surface area contributed by atoms with E-state index >= 15 is 0 Å². The lowest BCUT2D eigenvalue weighted by Crippen LogP contribution is -2.54. The van der Waals surface area contributed by atoms with Crippen LogP contribution in [0.25, 0.3) is 0 Å². The molecule has 6 heteroatoms. The largest absolute Gasteiger partial charge is 0.381 e. The van der Waals surface area contributed by atoms with Gasteiger partial charge in [-0.25, -0.2) is 9.37 Å². The van der Waals surface area contributed by atoms with Gasteiger partial charge in [-0.15, -0.1) is 0 Å². The fourth-order valence-corrected chi connectivity index (χ4v) is 2.38. The maximum atomic E-state index is 13.8. The number of carbonyl (C=O) groups excluding carboxylic acids is 1. The van der Waals surface area contributed by atoms with Gasteiger partial charge in [0.2, 0.25) is 0 Å². The van der Waals surface area contributed by atoms with Crippen molar-refractivity contribution >= 4 is 11.7 Å². The van der Waals surface area contributed by atoms with E-state index in [-0.39, 0.29) is 22.8 Å². The summed E-state index contributed by atoms with van der Waals surface area (Å²) in [5.41, 5.74) is 5.49. The molecule has 1 aromatic rings. The van der Waals surface area contributed by atoms with Gasteiger partial charge in [0, 0.05) is 37.9 Å². The number of halogens is 1. The standard InChI is InChI=1S/C14H21FN4O/c1-14(2,3)19-8-6-18(7-9-19)13(20)10-4-5-17-12(16)11(10)15/h4-5H,6-9H2,1-3H3,(H2,16,17). The van der Waals surface area contributed by atoms with Crippen LogP contribution in [0.15, 0.2) is 12.3 Å². The molecule has 0 aliphatic carbocycles. The average Bonchev–Trinajstić information content (AvgIpc) is 2.40. The van der Waals surface area contributed by atoms with E-state index in [2.05, 4.69) is 30.7 Å². The van der Waals surface area contributed by atoms with Crippen LogP contribution in [0.2, 0.25) is 0 Å². The molecule has 0 unspecified atom stereocenters. The molecule has 0 aromatic carbocycles. The van der Waals surface area contributed by atoms with Crippen LogP contribution in [0.4, 0.5) is 10.2 Å². The number of carbonyl (C=O) groups is 1. The predicted molar refractivity (Wildman–Crippen MR) is 75.8 cm³/mol. The molecule has 0 saturated carbocycles. The molecule has 2 heterocycles. The highest BCUT2D eigenvalue weighted by Crippen LogP contribution is 2.19. The lowest BCUT2D eigenvalue weighted by molar-refractivity contribution is 0.0447. The van der Waals surface area contributed by atoms with Gasteiger partial charge < -0.3 is 10.6 Å². The van der Waals surface area contributed by atoms with Crippen molar-refractivity contribution in [2.75, 3.05) is 31.9 Å². The zero-order chi connectivity index (χ0) is 14.9. The molecule has 110 valence electrons. The predicted octanol–water partition coefficient (Wildman–Crippen LogP) is 1.36. The Labute approximate surface area is 118 Å². The third-order valence-corrected chi connectivity index (χ3v) is 3.66. The molecule has 1 aliphatic heterocycles. The molecule has 0 bridgehead atoms. The molecule has 1 saturated heterocycles. The number of nitrogens with zero attached hydrogens (tertiary/aromatic N) is 3. The molecular formula is C14H21FN4O. The van der Waals surface area contributed by atoms with Crippen LogP contribution in [0.5, 0.6) is 0 Å². The van der Waals surface area contributed by atoms with Crippen molar-refractivity contribution in [2.45, 2.75) is 26.3 Å². The van der Waals surface area contributed by atoms with E-state index in [9.17, 15) is 9.18 Å². The SMILES string of the molecule is CC(C)(C)N1CCN(C(=O)c2ccnc(N)c2F)CC1. The summed E-state index contributed by atoms with van der Waals surface area (Å²) in [6.45, 7) is 9.21. The lowest BCUT2D eigenvalue weighted by atomic mass is 10.0. The smallest absolute Gasteiger partial charge is 0.257 e. The van der Waals surface area contributed by atoms with Gasteiger partial charge in [0.1, 0.15) is 0 Å². The third-order valence-electron chi connectivity index (χ3n) is 3.66. The van der Waals surface area contributed by atoms with Crippen LogP contribution in [0.1, 0.15) is 31.1 Å². The van der Waals surface area contributed by atoms with E-state index in [1.54, 1.807) is 4.90 Å². The number of pyridine rings is 1. The Balaban J connectivity index is 2.07. The fourth-order valence-electron chi connectivity index (χ4n) is 2.38. The Bertz CT molecular complexity index is 504. The highest BCUT2D eigenvalue weighted by molar-refractivity contribution is 5.95. The molecule has 1 aromatic heterocycles. The van der Waals surface area contributed by atoms with Gasteiger partial charge in [-0.1, -0.05) is 0 Å². The van der Waals surface area contributed by atoms with E-state index in [0.29, 0.717) is 13.1 Å². The Morgan fingerprint density at radius 1 is 1.30 bits per heavy atom. The van der Waals surface area contributed by atoms with Crippen LogP contribution >= 0.6 is 0 Å². The van der Waals surface area contributed by atoms with Gasteiger partial charge in [-0.2, -0.15) is 0 Å². The Morgan fingerprint density at radius 2 is 1.90 bits per heavy atom. The van der Waals surface area contributed by atoms with Crippen molar-refractivity contribution in [3.05, 3.63) is 23.6 Å². The molecule has 0 radical (unpaired) electrons. The summed E-state index contributed by atoms with van der Waals surface area (Å²) in [7, 11) is 0. The second-order valence-electron chi connectivity index (χ2n) is 6.01. The summed E-state index contributed by atoms with van der Waals surface area (Å²) in [6.07, 6.45) is 1.36. The minimum Gasteiger partial charge on any atom is -0.381 e. The zero-order valence-electron chi connectivity index (χ0n) is 12.2. The minimum atomic E-state index is -0.726. The van der Waals surface area contributed by atoms with Crippen molar-refractivity contribution in [2.24, 2.45) is 0 Å². The third kappa shape index (κ3) is 2.90. The van der Waals surface area contributed by atoms with Gasteiger partial charge in [0.25, 0.3) is 5.91 Å². The number of hydrogen-bond acceptors (Lipinski definition) is 4. The summed E-state index contributed by atoms with van der Waals surface area (Å²) in [6, 6.07) is 1.38. The van der Waals surface area contributed by atoms with Crippen LogP contribution in [0.3, 0.4) is 0 Å². The first-order chi connectivity index (χ1) is 9.30. The number of hydrogen-bond donors (Lipinski definition) is 1. The van der Waals surface area contributed by atoms with Gasteiger partial charge in [0.15, 0.2) is 11.6 Å². The quantitative estimate of drug-likeness (QED) is 0.843. The summed E-state index contributed by atoms with van der Waals surface area (Å²) in [4.78, 5) is 19.9. The van der Waals surface area contributed by atoms with Crippen LogP contribution in [-0.2, 0) is 0 Å². The monoisotopic (exact) mass is 280 g/mol. The van der Waals surface area contributed by atoms with E-state index < -0.39 is 5.82 Å². The first-order valence-electron chi connectivity index (χ1n) is 6.75. The van der Waals surface area contributed by atoms with Crippen molar-refractivity contribution in [3.8, 4) is 0 Å². The van der Waals surface area contributed by atoms with E-state index in [0.717, 1.165) is 13.1 Å². The van der Waals surface area contributed by atoms with Crippen LogP contribution in [-0.4, -0.2) is 52.4 Å². The molecule has 1 fully saturated rings. The minimum absolute atomic E-state index is 0.00158. The zero-order valence-corrected chi connectivity index (χ0v) is 12.2. The number of rotatable bonds is 1. The number of anilines is 1. The molecule has 20 heavy (non-hydrogen) atoms. The fraction of sp³-hybridized carbons (Fsp3) is 0.571. The topological polar surface area (TPSA) is 62.5 Å². The maximum absolute atomic E-state index is 13.8. The number of piperazine rings is 1. The highest BCUT2D eigenvalue weighted by Gasteiger charge is 2.29. The van der Waals surface area contributed by atoms with Gasteiger partial charge in [-0.05, 0) is 26.8 Å². The van der Waals surface area contributed by atoms with Gasteiger partial charge in [-0.3, -0.25) is 9.69 Å². The van der Waals surface area contributed by atoms with Crippen molar-refractivity contribution in [1.29, 1.82) is 0 Å². The number of nitrogens with two attached hydrogens (primary N) is 1. The van der Waals surface area contributed by atoms with E-state index in [4.69, 9.17) is 5.73 Å². The summed E-state index contributed by atoms with van der Waals surface area (Å²) >= 11 is 0. The number of nitrogen functional groups attached to an aromatic ring is 1. The summed E-state index contributed by atoms with van der Waals surface area (Å²) in [5, 5.41) is 0. The molecular weight excluding hydrogens is 259 g/mol.